The van der Waals surface area contributed by atoms with Gasteiger partial charge in [-0.25, -0.2) is 4.98 Å². The summed E-state index contributed by atoms with van der Waals surface area (Å²) >= 11 is 0. The van der Waals surface area contributed by atoms with Crippen molar-refractivity contribution >= 4 is 16.9 Å². The molecular weight excluding hydrogens is 190 g/mol. The Morgan fingerprint density at radius 1 is 1.53 bits per heavy atom. The summed E-state index contributed by atoms with van der Waals surface area (Å²) in [6.45, 7) is 4.29. The van der Waals surface area contributed by atoms with E-state index in [0.29, 0.717) is 6.61 Å². The van der Waals surface area contributed by atoms with Crippen LogP contribution < -0.4 is 0 Å². The second-order valence-corrected chi connectivity index (χ2v) is 3.32. The van der Waals surface area contributed by atoms with Crippen LogP contribution in [0.4, 0.5) is 0 Å². The average molecular weight is 203 g/mol. The Hall–Kier alpha value is -1.84. The third-order valence-electron chi connectivity index (χ3n) is 2.15. The first-order valence-electron chi connectivity index (χ1n) is 4.89. The molecule has 4 heteroatoms. The molecule has 0 amide bonds. The Bertz CT molecular complexity index is 502. The van der Waals surface area contributed by atoms with Gasteiger partial charge in [0.2, 0.25) is 5.90 Å². The lowest BCUT2D eigenvalue weighted by atomic mass is 10.2. The zero-order chi connectivity index (χ0) is 10.8. The molecule has 0 unspecified atom stereocenters. The molecular formula is C11H13N3O. The van der Waals surface area contributed by atoms with Crippen LogP contribution in [0.25, 0.3) is 11.0 Å². The molecule has 0 radical (unpaired) electrons. The van der Waals surface area contributed by atoms with E-state index in [9.17, 15) is 0 Å². The first-order valence-corrected chi connectivity index (χ1v) is 4.89. The lowest BCUT2D eigenvalue weighted by Gasteiger charge is -2.03. The quantitative estimate of drug-likeness (QED) is 0.580. The van der Waals surface area contributed by atoms with Crippen LogP contribution in [0.1, 0.15) is 18.3 Å². The van der Waals surface area contributed by atoms with Crippen molar-refractivity contribution in [3.05, 3.63) is 29.6 Å². The summed E-state index contributed by atoms with van der Waals surface area (Å²) < 4.78 is 5.13. The number of nitrogens with one attached hydrogen (secondary N) is 2. The third-order valence-corrected chi connectivity index (χ3v) is 2.15. The minimum absolute atomic E-state index is 0.201. The van der Waals surface area contributed by atoms with Gasteiger partial charge in [-0.1, -0.05) is 0 Å². The van der Waals surface area contributed by atoms with Crippen molar-refractivity contribution in [2.24, 2.45) is 0 Å². The topological polar surface area (TPSA) is 61.8 Å². The van der Waals surface area contributed by atoms with E-state index >= 15 is 0 Å². The number of aromatic nitrogens is 2. The molecule has 78 valence electrons. The molecule has 2 N–H and O–H groups in total. The molecule has 2 aromatic rings. The second kappa shape index (κ2) is 3.73. The van der Waals surface area contributed by atoms with Gasteiger partial charge in [0, 0.05) is 5.56 Å². The smallest absolute Gasteiger partial charge is 0.213 e. The van der Waals surface area contributed by atoms with Crippen LogP contribution in [0.3, 0.4) is 0 Å². The maximum atomic E-state index is 7.66. The summed E-state index contributed by atoms with van der Waals surface area (Å²) in [5.41, 5.74) is 2.63. The molecule has 2 rings (SSSR count). The third kappa shape index (κ3) is 1.83. The van der Waals surface area contributed by atoms with Crippen molar-refractivity contribution < 1.29 is 4.74 Å². The standard InChI is InChI=1S/C11H13N3O/c1-3-15-11(12)8-4-5-9-10(6-8)14-7(2)13-9/h4-6,12H,3H2,1-2H3,(H,13,14). The van der Waals surface area contributed by atoms with Crippen molar-refractivity contribution in [2.75, 3.05) is 6.61 Å². The lowest BCUT2D eigenvalue weighted by molar-refractivity contribution is 0.325. The molecule has 0 aliphatic carbocycles. The Kier molecular flexibility index (Phi) is 2.41. The first kappa shape index (κ1) is 9.71. The first-order chi connectivity index (χ1) is 7.20. The highest BCUT2D eigenvalue weighted by Gasteiger charge is 2.05. The fourth-order valence-corrected chi connectivity index (χ4v) is 1.51. The van der Waals surface area contributed by atoms with Gasteiger partial charge < -0.3 is 9.72 Å². The number of hydrogen-bond acceptors (Lipinski definition) is 3. The highest BCUT2D eigenvalue weighted by atomic mass is 16.5. The van der Waals surface area contributed by atoms with Gasteiger partial charge in [0.25, 0.3) is 0 Å². The molecule has 0 atom stereocenters. The molecule has 0 saturated heterocycles. The fraction of sp³-hybridized carbons (Fsp3) is 0.273. The average Bonchev–Trinajstić information content (AvgIpc) is 2.57. The van der Waals surface area contributed by atoms with Crippen molar-refractivity contribution in [3.63, 3.8) is 0 Å². The van der Waals surface area contributed by atoms with Crippen LogP contribution in [-0.4, -0.2) is 22.5 Å². The van der Waals surface area contributed by atoms with Crippen molar-refractivity contribution in [3.8, 4) is 0 Å². The minimum atomic E-state index is 0.201. The molecule has 0 aliphatic rings. The van der Waals surface area contributed by atoms with Crippen molar-refractivity contribution in [1.82, 2.24) is 9.97 Å². The molecule has 1 heterocycles. The second-order valence-electron chi connectivity index (χ2n) is 3.32. The van der Waals surface area contributed by atoms with E-state index in [1.165, 1.54) is 0 Å². The maximum absolute atomic E-state index is 7.66. The van der Waals surface area contributed by atoms with E-state index in [2.05, 4.69) is 9.97 Å². The Balaban J connectivity index is 2.41. The van der Waals surface area contributed by atoms with Gasteiger partial charge in [0.1, 0.15) is 5.82 Å². The number of fused-ring (bicyclic) bond motifs is 1. The normalized spacial score (nSPS) is 10.5. The molecule has 1 aromatic carbocycles. The van der Waals surface area contributed by atoms with Crippen LogP contribution >= 0.6 is 0 Å². The molecule has 0 bridgehead atoms. The molecule has 4 nitrogen and oxygen atoms in total. The summed E-state index contributed by atoms with van der Waals surface area (Å²) in [7, 11) is 0. The zero-order valence-electron chi connectivity index (χ0n) is 8.79. The molecule has 0 aliphatic heterocycles. The van der Waals surface area contributed by atoms with E-state index < -0.39 is 0 Å². The minimum Gasteiger partial charge on any atom is -0.478 e. The SMILES string of the molecule is CCOC(=N)c1ccc2nc(C)[nH]c2c1. The Morgan fingerprint density at radius 2 is 2.33 bits per heavy atom. The van der Waals surface area contributed by atoms with Crippen LogP contribution in [-0.2, 0) is 4.74 Å². The number of nitrogens with zero attached hydrogens (tertiary/aromatic N) is 1. The van der Waals surface area contributed by atoms with Gasteiger partial charge in [-0.15, -0.1) is 0 Å². The fourth-order valence-electron chi connectivity index (χ4n) is 1.51. The number of aryl methyl sites for hydroxylation is 1. The van der Waals surface area contributed by atoms with E-state index in [0.717, 1.165) is 22.4 Å². The molecule has 0 saturated carbocycles. The number of H-pyrrole nitrogens is 1. The monoisotopic (exact) mass is 203 g/mol. The van der Waals surface area contributed by atoms with Crippen LogP contribution in [0.2, 0.25) is 0 Å². The van der Waals surface area contributed by atoms with Crippen LogP contribution in [0.5, 0.6) is 0 Å². The van der Waals surface area contributed by atoms with Crippen molar-refractivity contribution in [2.45, 2.75) is 13.8 Å². The van der Waals surface area contributed by atoms with E-state index in [1.54, 1.807) is 0 Å². The summed E-state index contributed by atoms with van der Waals surface area (Å²) in [5.74, 6) is 1.08. The van der Waals surface area contributed by atoms with Gasteiger partial charge >= 0.3 is 0 Å². The predicted molar refractivity (Wildman–Crippen MR) is 59.3 cm³/mol. The predicted octanol–water partition coefficient (Wildman–Crippen LogP) is 2.23. The molecule has 0 fully saturated rings. The highest BCUT2D eigenvalue weighted by Crippen LogP contribution is 2.14. The summed E-state index contributed by atoms with van der Waals surface area (Å²) in [5, 5.41) is 7.66. The van der Waals surface area contributed by atoms with Gasteiger partial charge in [-0.05, 0) is 32.0 Å². The molecule has 15 heavy (non-hydrogen) atoms. The van der Waals surface area contributed by atoms with Gasteiger partial charge in [-0.2, -0.15) is 0 Å². The zero-order valence-corrected chi connectivity index (χ0v) is 8.79. The number of hydrogen-bond donors (Lipinski definition) is 2. The summed E-state index contributed by atoms with van der Waals surface area (Å²) in [6.07, 6.45) is 0. The number of benzene rings is 1. The van der Waals surface area contributed by atoms with E-state index in [-0.39, 0.29) is 5.90 Å². The highest BCUT2D eigenvalue weighted by molar-refractivity contribution is 5.95. The maximum Gasteiger partial charge on any atom is 0.213 e. The number of aromatic amines is 1. The molecule has 0 spiro atoms. The Morgan fingerprint density at radius 3 is 3.07 bits per heavy atom. The van der Waals surface area contributed by atoms with E-state index in [1.807, 2.05) is 32.0 Å². The van der Waals surface area contributed by atoms with Crippen LogP contribution in [0.15, 0.2) is 18.2 Å². The van der Waals surface area contributed by atoms with E-state index in [4.69, 9.17) is 10.1 Å². The van der Waals surface area contributed by atoms with Gasteiger partial charge in [0.05, 0.1) is 17.6 Å². The number of ether oxygens (including phenoxy) is 1. The molecule has 1 aromatic heterocycles. The van der Waals surface area contributed by atoms with Crippen molar-refractivity contribution in [1.29, 1.82) is 5.41 Å². The summed E-state index contributed by atoms with van der Waals surface area (Å²) in [6, 6.07) is 5.62. The Labute approximate surface area is 87.8 Å². The number of rotatable bonds is 2. The number of imidazole rings is 1. The van der Waals surface area contributed by atoms with Gasteiger partial charge in [0.15, 0.2) is 0 Å². The lowest BCUT2D eigenvalue weighted by Crippen LogP contribution is -2.04. The van der Waals surface area contributed by atoms with Crippen LogP contribution in [0, 0.1) is 12.3 Å². The van der Waals surface area contributed by atoms with Gasteiger partial charge in [-0.3, -0.25) is 5.41 Å². The largest absolute Gasteiger partial charge is 0.478 e. The summed E-state index contributed by atoms with van der Waals surface area (Å²) in [4.78, 5) is 7.43.